The highest BCUT2D eigenvalue weighted by Gasteiger charge is 2.38. The van der Waals surface area contributed by atoms with E-state index in [1.807, 2.05) is 30.3 Å². The van der Waals surface area contributed by atoms with Crippen molar-refractivity contribution in [3.05, 3.63) is 42.5 Å². The van der Waals surface area contributed by atoms with E-state index in [0.29, 0.717) is 24.7 Å². The van der Waals surface area contributed by atoms with E-state index in [-0.39, 0.29) is 11.1 Å². The van der Waals surface area contributed by atoms with Crippen molar-refractivity contribution in [1.29, 1.82) is 0 Å². The lowest BCUT2D eigenvalue weighted by atomic mass is 9.88. The van der Waals surface area contributed by atoms with Gasteiger partial charge < -0.3 is 9.16 Å². The van der Waals surface area contributed by atoms with Crippen molar-refractivity contribution in [3.63, 3.8) is 0 Å². The van der Waals surface area contributed by atoms with E-state index >= 15 is 0 Å². The van der Waals surface area contributed by atoms with Crippen LogP contribution < -0.4 is 4.74 Å². The van der Waals surface area contributed by atoms with Gasteiger partial charge in [-0.15, -0.1) is 0 Å². The summed E-state index contributed by atoms with van der Waals surface area (Å²) in [5.41, 5.74) is 0. The second kappa shape index (κ2) is 10.4. The Hall–Kier alpha value is -1.39. The van der Waals surface area contributed by atoms with Crippen LogP contribution in [-0.2, 0) is 9.22 Å². The summed E-state index contributed by atoms with van der Waals surface area (Å²) < 4.78 is 12.5. The zero-order valence-electron chi connectivity index (χ0n) is 18.4. The van der Waals surface area contributed by atoms with Crippen LogP contribution in [0.3, 0.4) is 0 Å². The molecule has 0 saturated heterocycles. The number of ketones is 1. The molecule has 2 rings (SSSR count). The molecule has 1 aliphatic rings. The molecule has 1 fully saturated rings. The van der Waals surface area contributed by atoms with Crippen LogP contribution >= 0.6 is 0 Å². The molecule has 0 bridgehead atoms. The molecule has 1 saturated carbocycles. The largest absolute Gasteiger partial charge is 0.494 e. The van der Waals surface area contributed by atoms with Crippen molar-refractivity contribution >= 4 is 14.1 Å². The summed E-state index contributed by atoms with van der Waals surface area (Å²) >= 11 is 0. The van der Waals surface area contributed by atoms with E-state index < -0.39 is 8.32 Å². The van der Waals surface area contributed by atoms with Gasteiger partial charge in [-0.3, -0.25) is 4.79 Å². The molecule has 0 N–H and O–H groups in total. The highest BCUT2D eigenvalue weighted by atomic mass is 28.4. The Kier molecular flexibility index (Phi) is 8.50. The Bertz CT molecular complexity index is 631. The molecular formula is C24H38O3Si. The lowest BCUT2D eigenvalue weighted by Gasteiger charge is -2.38. The second-order valence-electron chi connectivity index (χ2n) is 9.50. The first kappa shape index (κ1) is 22.9. The smallest absolute Gasteiger partial charge is 0.192 e. The van der Waals surface area contributed by atoms with Crippen molar-refractivity contribution in [1.82, 2.24) is 0 Å². The number of carbonyl (C=O) groups excluding carboxylic acids is 1. The Balaban J connectivity index is 1.93. The SMILES string of the molecule is CC(C)(C)[Si](C)(C)OC(C=CC1CCCC(=O)C1)CCCOc1ccccc1. The van der Waals surface area contributed by atoms with Gasteiger partial charge in [-0.1, -0.05) is 51.1 Å². The third-order valence-corrected chi connectivity index (χ3v) is 10.5. The summed E-state index contributed by atoms with van der Waals surface area (Å²) in [7, 11) is -1.85. The van der Waals surface area contributed by atoms with Crippen LogP contribution in [0.4, 0.5) is 0 Å². The summed E-state index contributed by atoms with van der Waals surface area (Å²) in [5.74, 6) is 1.70. The molecule has 0 spiro atoms. The molecule has 0 heterocycles. The number of Topliss-reactive ketones (excluding diaryl/α,β-unsaturated/α-hetero) is 1. The number of rotatable bonds is 9. The molecule has 3 nitrogen and oxygen atoms in total. The quantitative estimate of drug-likeness (QED) is 0.267. The van der Waals surface area contributed by atoms with Gasteiger partial charge in [0.2, 0.25) is 0 Å². The number of hydrogen-bond donors (Lipinski definition) is 0. The molecule has 1 aromatic carbocycles. The number of para-hydroxylation sites is 1. The fourth-order valence-corrected chi connectivity index (χ4v) is 4.55. The third kappa shape index (κ3) is 7.55. The second-order valence-corrected chi connectivity index (χ2v) is 14.3. The molecule has 0 aliphatic heterocycles. The lowest BCUT2D eigenvalue weighted by molar-refractivity contribution is -0.121. The van der Waals surface area contributed by atoms with E-state index in [4.69, 9.17) is 9.16 Å². The number of hydrogen-bond acceptors (Lipinski definition) is 3. The van der Waals surface area contributed by atoms with Gasteiger partial charge in [0.15, 0.2) is 8.32 Å². The Morgan fingerprint density at radius 3 is 2.57 bits per heavy atom. The molecule has 0 aromatic heterocycles. The van der Waals surface area contributed by atoms with Gasteiger partial charge in [-0.2, -0.15) is 0 Å². The predicted molar refractivity (Wildman–Crippen MR) is 119 cm³/mol. The summed E-state index contributed by atoms with van der Waals surface area (Å²) in [5, 5.41) is 0.181. The van der Waals surface area contributed by atoms with Crippen LogP contribution in [-0.4, -0.2) is 26.8 Å². The van der Waals surface area contributed by atoms with Crippen molar-refractivity contribution in [2.24, 2.45) is 5.92 Å². The molecule has 156 valence electrons. The Morgan fingerprint density at radius 2 is 1.93 bits per heavy atom. The molecular weight excluding hydrogens is 364 g/mol. The highest BCUT2D eigenvalue weighted by molar-refractivity contribution is 6.74. The van der Waals surface area contributed by atoms with Crippen LogP contribution in [0, 0.1) is 5.92 Å². The first-order chi connectivity index (χ1) is 13.2. The number of allylic oxidation sites excluding steroid dienone is 1. The summed E-state index contributed by atoms with van der Waals surface area (Å²) in [6, 6.07) is 9.96. The molecule has 28 heavy (non-hydrogen) atoms. The van der Waals surface area contributed by atoms with Gasteiger partial charge in [0.25, 0.3) is 0 Å². The van der Waals surface area contributed by atoms with Crippen LogP contribution in [0.15, 0.2) is 42.5 Å². The van der Waals surface area contributed by atoms with Crippen LogP contribution in [0.25, 0.3) is 0 Å². The van der Waals surface area contributed by atoms with E-state index in [1.165, 1.54) is 0 Å². The fourth-order valence-electron chi connectivity index (χ4n) is 3.24. The molecule has 1 aromatic rings. The maximum Gasteiger partial charge on any atom is 0.192 e. The minimum atomic E-state index is -1.85. The van der Waals surface area contributed by atoms with Gasteiger partial charge >= 0.3 is 0 Å². The summed E-state index contributed by atoms with van der Waals surface area (Å²) in [6.45, 7) is 12.1. The summed E-state index contributed by atoms with van der Waals surface area (Å²) in [6.07, 6.45) is 10.0. The molecule has 4 heteroatoms. The average Bonchev–Trinajstić information content (AvgIpc) is 2.63. The number of benzene rings is 1. The zero-order valence-corrected chi connectivity index (χ0v) is 19.4. The molecule has 0 radical (unpaired) electrons. The first-order valence-electron chi connectivity index (χ1n) is 10.7. The number of ether oxygens (including phenoxy) is 1. The normalized spacial score (nSPS) is 19.8. The molecule has 1 aliphatic carbocycles. The third-order valence-electron chi connectivity index (χ3n) is 6.02. The number of carbonyl (C=O) groups is 1. The molecule has 2 unspecified atom stereocenters. The molecule has 2 atom stereocenters. The van der Waals surface area contributed by atoms with Gasteiger partial charge in [-0.25, -0.2) is 0 Å². The lowest BCUT2D eigenvalue weighted by Crippen LogP contribution is -2.43. The minimum absolute atomic E-state index is 0.0947. The minimum Gasteiger partial charge on any atom is -0.494 e. The van der Waals surface area contributed by atoms with Crippen molar-refractivity contribution in [3.8, 4) is 5.75 Å². The predicted octanol–water partition coefficient (Wildman–Crippen LogP) is 6.55. The Labute approximate surface area is 172 Å². The van der Waals surface area contributed by atoms with Crippen LogP contribution in [0.1, 0.15) is 59.3 Å². The van der Waals surface area contributed by atoms with Crippen molar-refractivity contribution in [2.75, 3.05) is 6.61 Å². The van der Waals surface area contributed by atoms with Gasteiger partial charge in [-0.05, 0) is 61.9 Å². The van der Waals surface area contributed by atoms with Gasteiger partial charge in [0.05, 0.1) is 12.7 Å². The van der Waals surface area contributed by atoms with E-state index in [0.717, 1.165) is 37.9 Å². The summed E-state index contributed by atoms with van der Waals surface area (Å²) in [4.78, 5) is 11.7. The molecule has 0 amide bonds. The van der Waals surface area contributed by atoms with Crippen molar-refractivity contribution in [2.45, 2.75) is 83.5 Å². The van der Waals surface area contributed by atoms with E-state index in [9.17, 15) is 4.79 Å². The fraction of sp³-hybridized carbons (Fsp3) is 0.625. The standard InChI is InChI=1S/C24H38O3Si/c1-24(2,3)28(4,5)27-23(17-16-20-11-9-12-21(25)19-20)15-10-18-26-22-13-7-6-8-14-22/h6-8,13-14,16-17,20,23H,9-12,15,18-19H2,1-5H3. The van der Waals surface area contributed by atoms with Gasteiger partial charge in [0, 0.05) is 12.8 Å². The Morgan fingerprint density at radius 1 is 1.21 bits per heavy atom. The van der Waals surface area contributed by atoms with E-state index in [2.05, 4.69) is 46.0 Å². The monoisotopic (exact) mass is 402 g/mol. The van der Waals surface area contributed by atoms with E-state index in [1.54, 1.807) is 0 Å². The zero-order chi connectivity index (χ0) is 20.6. The van der Waals surface area contributed by atoms with Gasteiger partial charge in [0.1, 0.15) is 11.5 Å². The van der Waals surface area contributed by atoms with Crippen molar-refractivity contribution < 1.29 is 14.0 Å². The maximum absolute atomic E-state index is 11.7. The van der Waals surface area contributed by atoms with Crippen LogP contribution in [0.5, 0.6) is 5.75 Å². The van der Waals surface area contributed by atoms with Crippen LogP contribution in [0.2, 0.25) is 18.1 Å². The first-order valence-corrected chi connectivity index (χ1v) is 13.6. The topological polar surface area (TPSA) is 35.5 Å². The average molecular weight is 403 g/mol. The highest BCUT2D eigenvalue weighted by Crippen LogP contribution is 2.38. The maximum atomic E-state index is 11.7.